The highest BCUT2D eigenvalue weighted by Crippen LogP contribution is 1.62. The number of rotatable bonds is 0. The first kappa shape index (κ1) is 5.36. The zero-order valence-corrected chi connectivity index (χ0v) is 4.05. The Hall–Kier alpha value is 0.360. The van der Waals surface area contributed by atoms with Gasteiger partial charge in [-0.2, -0.15) is 0 Å². The molecule has 5 heavy (non-hydrogen) atoms. The quantitative estimate of drug-likeness (QED) is 0.244. The second-order valence-electron chi connectivity index (χ2n) is 0.456. The van der Waals surface area contributed by atoms with Crippen molar-refractivity contribution in [2.24, 2.45) is 0 Å². The second-order valence-corrected chi connectivity index (χ2v) is 1.68. The van der Waals surface area contributed by atoms with Crippen molar-refractivity contribution >= 4 is 29.2 Å². The van der Waals surface area contributed by atoms with E-state index in [0.29, 0.717) is 5.48 Å². The van der Waals surface area contributed by atoms with Gasteiger partial charge in [0.1, 0.15) is 0 Å². The highest BCUT2D eigenvalue weighted by Gasteiger charge is 1.70. The molecule has 4 heteroatoms. The molecule has 0 amide bonds. The summed E-state index contributed by atoms with van der Waals surface area (Å²) in [4.78, 5) is 0. The third-order valence-corrected chi connectivity index (χ3v) is 0.302. The van der Waals surface area contributed by atoms with Gasteiger partial charge >= 0.3 is 0 Å². The van der Waals surface area contributed by atoms with E-state index in [0.717, 1.165) is 0 Å². The summed E-state index contributed by atoms with van der Waals surface area (Å²) in [5.41, 5.74) is 0.512. The molecule has 0 aromatic rings. The monoisotopic (exact) mass is 109 g/mol. The highest BCUT2D eigenvalue weighted by molar-refractivity contribution is 8.10. The van der Waals surface area contributed by atoms with E-state index in [9.17, 15) is 5.21 Å². The van der Waals surface area contributed by atoms with Crippen LogP contribution in [0, 0.1) is 5.21 Å². The maximum absolute atomic E-state index is 9.29. The van der Waals surface area contributed by atoms with Crippen LogP contribution in [0.25, 0.3) is 0 Å². The highest BCUT2D eigenvalue weighted by atomic mass is 32.1. The number of hydrogen-bond acceptors (Lipinski definition) is 2. The van der Waals surface area contributed by atoms with Crippen molar-refractivity contribution in [1.82, 2.24) is 0 Å². The fourth-order valence-corrected chi connectivity index (χ4v) is 0. The molecule has 0 saturated heterocycles. The van der Waals surface area contributed by atoms with E-state index in [1.165, 1.54) is 0 Å². The van der Waals surface area contributed by atoms with Gasteiger partial charge in [-0.05, 0) is 12.2 Å². The van der Waals surface area contributed by atoms with Crippen LogP contribution in [0.1, 0.15) is 0 Å². The fraction of sp³-hybridized carbons (Fsp3) is 0. The van der Waals surface area contributed by atoms with Gasteiger partial charge in [-0.15, -0.1) is 0 Å². The van der Waals surface area contributed by atoms with Crippen molar-refractivity contribution in [3.63, 3.8) is 0 Å². The normalized spacial score (nSPS) is 7.60. The van der Waals surface area contributed by atoms with Crippen molar-refractivity contribution < 1.29 is 5.48 Å². The molecule has 0 rings (SSSR count). The summed E-state index contributed by atoms with van der Waals surface area (Å²) in [6.45, 7) is 0. The summed E-state index contributed by atoms with van der Waals surface area (Å²) in [5.74, 6) is 0. The predicted molar refractivity (Wildman–Crippen MR) is 26.9 cm³/mol. The number of hydroxylamine groups is 1. The third-order valence-electron chi connectivity index (χ3n) is 0.101. The average molecular weight is 109 g/mol. The molecule has 0 aliphatic carbocycles. The van der Waals surface area contributed by atoms with Crippen LogP contribution < -0.4 is 5.48 Å². The molecule has 30 valence electrons. The van der Waals surface area contributed by atoms with Crippen molar-refractivity contribution in [3.8, 4) is 0 Å². The lowest BCUT2D eigenvalue weighted by molar-refractivity contribution is -0.451. The number of hydrogen-bond donors (Lipinski definition) is 2. The molecule has 0 unspecified atom stereocenters. The minimum Gasteiger partial charge on any atom is -0.629 e. The number of thiocarbonyl (C=S) groups is 1. The number of quaternary nitrogens is 1. The summed E-state index contributed by atoms with van der Waals surface area (Å²) < 4.78 is 0.102. The van der Waals surface area contributed by atoms with Gasteiger partial charge in [0.05, 0.1) is 0 Å². The summed E-state index contributed by atoms with van der Waals surface area (Å²) in [5, 5.41) is 9.29. The third kappa shape index (κ3) is 4.36. The molecule has 0 aromatic carbocycles. The lowest BCUT2D eigenvalue weighted by Crippen LogP contribution is -2.79. The van der Waals surface area contributed by atoms with Gasteiger partial charge in [0.15, 0.2) is 0 Å². The van der Waals surface area contributed by atoms with Gasteiger partial charge < -0.3 is 10.7 Å². The smallest absolute Gasteiger partial charge is 0.227 e. The van der Waals surface area contributed by atoms with Crippen LogP contribution in [-0.2, 0) is 0 Å². The first-order chi connectivity index (χ1) is 2.27. The van der Waals surface area contributed by atoms with Crippen LogP contribution >= 0.6 is 24.8 Å². The van der Waals surface area contributed by atoms with E-state index >= 15 is 0 Å². The summed E-state index contributed by atoms with van der Waals surface area (Å²) in [6, 6.07) is 0. The second kappa shape index (κ2) is 2.59. The molecule has 0 heterocycles. The Bertz CT molecular complexity index is 44.9. The van der Waals surface area contributed by atoms with Crippen LogP contribution in [0.5, 0.6) is 0 Å². The Kier molecular flexibility index (Phi) is 2.78. The van der Waals surface area contributed by atoms with Crippen LogP contribution in [0.4, 0.5) is 0 Å². The van der Waals surface area contributed by atoms with Crippen molar-refractivity contribution in [2.45, 2.75) is 0 Å². The van der Waals surface area contributed by atoms with Gasteiger partial charge in [0.25, 0.3) is 0 Å². The molecule has 0 aliphatic rings. The van der Waals surface area contributed by atoms with Gasteiger partial charge in [-0.25, -0.2) is 0 Å². The maximum Gasteiger partial charge on any atom is 0.227 e. The van der Waals surface area contributed by atoms with Crippen molar-refractivity contribution in [1.29, 1.82) is 0 Å². The minimum atomic E-state index is 0.102. The molecule has 0 saturated carbocycles. The van der Waals surface area contributed by atoms with Gasteiger partial charge in [0, 0.05) is 0 Å². The van der Waals surface area contributed by atoms with E-state index in [-0.39, 0.29) is 4.32 Å². The predicted octanol–water partition coefficient (Wildman–Crippen LogP) is -0.738. The number of thiol groups is 1. The van der Waals surface area contributed by atoms with E-state index in [4.69, 9.17) is 0 Å². The van der Waals surface area contributed by atoms with Crippen molar-refractivity contribution in [3.05, 3.63) is 5.21 Å². The molecule has 0 radical (unpaired) electrons. The Balaban J connectivity index is 2.85. The molecule has 0 spiro atoms. The van der Waals surface area contributed by atoms with Gasteiger partial charge in [0.2, 0.25) is 4.32 Å². The minimum absolute atomic E-state index is 0.102. The first-order valence-corrected chi connectivity index (χ1v) is 1.81. The Morgan fingerprint density at radius 3 is 2.20 bits per heavy atom. The van der Waals surface area contributed by atoms with Gasteiger partial charge in [-0.1, -0.05) is 12.6 Å². The van der Waals surface area contributed by atoms with E-state index < -0.39 is 0 Å². The Morgan fingerprint density at radius 1 is 2.00 bits per heavy atom. The zero-order valence-electron chi connectivity index (χ0n) is 2.34. The van der Waals surface area contributed by atoms with Crippen LogP contribution in [0.2, 0.25) is 0 Å². The molecule has 0 aliphatic heterocycles. The van der Waals surface area contributed by atoms with Gasteiger partial charge in [-0.3, -0.25) is 0 Å². The van der Waals surface area contributed by atoms with Crippen molar-refractivity contribution in [2.75, 3.05) is 0 Å². The Labute approximate surface area is 40.6 Å². The Morgan fingerprint density at radius 2 is 2.20 bits per heavy atom. The standard InChI is InChI=1S/CH3NOS2/c3-2-1(4)5/h2H2,(H,4,5). The molecule has 0 atom stereocenters. The van der Waals surface area contributed by atoms with Crippen LogP contribution in [0.3, 0.4) is 0 Å². The average Bonchev–Trinajstić information content (AvgIpc) is 1.38. The van der Waals surface area contributed by atoms with E-state index in [1.807, 2.05) is 0 Å². The summed E-state index contributed by atoms with van der Waals surface area (Å²) in [7, 11) is 0. The topological polar surface area (TPSA) is 39.7 Å². The SMILES string of the molecule is [O-][NH2+]C(=S)S. The fourth-order valence-electron chi connectivity index (χ4n) is 0. The lowest BCUT2D eigenvalue weighted by atomic mass is 11.5. The van der Waals surface area contributed by atoms with Crippen LogP contribution in [0.15, 0.2) is 0 Å². The molecule has 2 N–H and O–H groups in total. The first-order valence-electron chi connectivity index (χ1n) is 0.952. The zero-order chi connectivity index (χ0) is 4.28. The van der Waals surface area contributed by atoms with E-state index in [1.54, 1.807) is 0 Å². The summed E-state index contributed by atoms with van der Waals surface area (Å²) in [6.07, 6.45) is 0. The largest absolute Gasteiger partial charge is 0.629 e. The lowest BCUT2D eigenvalue weighted by Gasteiger charge is -1.89. The van der Waals surface area contributed by atoms with E-state index in [2.05, 4.69) is 24.8 Å². The molecule has 0 bridgehead atoms. The maximum atomic E-state index is 9.29. The molecule has 0 aromatic heterocycles. The number of nitrogens with two attached hydrogens (primary N) is 1. The molecular weight excluding hydrogens is 106 g/mol. The molecule has 2 nitrogen and oxygen atoms in total. The molecular formula is CH3NOS2. The molecule has 0 fully saturated rings. The summed E-state index contributed by atoms with van der Waals surface area (Å²) >= 11 is 7.65. The van der Waals surface area contributed by atoms with Crippen LogP contribution in [-0.4, -0.2) is 4.32 Å².